The molecule has 108 heavy (non-hydrogen) atoms. The standard InChI is InChI=1S/C68H84N2O38/c1-29(71)87-25-47-53(91-33(5)75)57(93-35(7)77)63(99-41(13)83)67(105-47)107-55-49(27-89-31(3)73)103-65(61(97-39(11)81)59(55)95-37(9)79)101-45-19-15-43(16-20-45)69-51(85)23-24-52(86)70-44-17-21-46(22-18-44)102-66-62(98-40(12)82)60(96-38(10)80)56(50(104-66)28-90-32(4)74)108-68-64(100-42(14)84)58(94-36(8)78)54(92-34(6)76)48(106-68)26-88-30(2)72/h15-22,47-50,53-68H,23-28H2,1-14H3,(H,69,85)(H,70,86)/t47-,48-,49-,50-,53-,54-,55-,56-,57+,58+,59+,60+,61-,62-,63-,64-,65-,66-,67-,68-/m1/s1. The summed E-state index contributed by atoms with van der Waals surface area (Å²) < 4.78 is 127. The molecule has 594 valence electrons. The molecular formula is C68H84N2O38. The molecule has 0 saturated carbocycles. The monoisotopic (exact) mass is 1540 g/mol. The molecule has 20 atom stereocenters. The molecule has 4 aliphatic heterocycles. The SMILES string of the molecule is CC(=O)OC[C@H]1O[C@H](O[C@H]2[C@H](OC(C)=O)[C@@H](OC(C)=O)[C@H](Oc3ccc(NC(=O)CCC(=O)Nc4ccc(O[C@@H]5O[C@H](COC(C)=O)[C@@H](O[C@H]6O[C@H](COC(C)=O)[C@@H](OC(C)=O)[C@H](OC(C)=O)[C@H]6OC(C)=O)[C@H](OC(C)=O)[C@H]5OC(C)=O)cc4)cc3)O[C@@H]2COC(C)=O)[C@H](OC(C)=O)[C@@H](OC(C)=O)[C@@H]1OC(C)=O. The average molecular weight is 1540 g/mol. The lowest BCUT2D eigenvalue weighted by molar-refractivity contribution is -0.354. The second kappa shape index (κ2) is 40.3. The van der Waals surface area contributed by atoms with Crippen molar-refractivity contribution in [1.29, 1.82) is 0 Å². The molecular weight excluding hydrogens is 1450 g/mol. The zero-order valence-electron chi connectivity index (χ0n) is 60.9. The van der Waals surface area contributed by atoms with Gasteiger partial charge in [-0.1, -0.05) is 0 Å². The van der Waals surface area contributed by atoms with Crippen LogP contribution in [0.25, 0.3) is 0 Å². The number of rotatable bonds is 31. The van der Waals surface area contributed by atoms with Crippen LogP contribution in [0, 0.1) is 0 Å². The van der Waals surface area contributed by atoms with E-state index in [9.17, 15) is 76.7 Å². The van der Waals surface area contributed by atoms with Gasteiger partial charge in [-0.25, -0.2) is 0 Å². The predicted octanol–water partition coefficient (Wildman–Crippen LogP) is 1.04. The van der Waals surface area contributed by atoms with Crippen LogP contribution < -0.4 is 20.1 Å². The van der Waals surface area contributed by atoms with Crippen molar-refractivity contribution >= 4 is 107 Å². The topological polar surface area (TPSA) is 500 Å². The van der Waals surface area contributed by atoms with Gasteiger partial charge in [-0.15, -0.1) is 0 Å². The largest absolute Gasteiger partial charge is 0.463 e. The average Bonchev–Trinajstić information content (AvgIpc) is 0.771. The molecule has 4 saturated heterocycles. The lowest BCUT2D eigenvalue weighted by atomic mass is 9.96. The fraction of sp³-hybridized carbons (Fsp3) is 0.588. The smallest absolute Gasteiger partial charge is 0.303 e. The van der Waals surface area contributed by atoms with Crippen molar-refractivity contribution in [2.24, 2.45) is 0 Å². The third-order valence-corrected chi connectivity index (χ3v) is 15.1. The Morgan fingerprint density at radius 2 is 0.463 bits per heavy atom. The fourth-order valence-corrected chi connectivity index (χ4v) is 11.3. The van der Waals surface area contributed by atoms with Gasteiger partial charge < -0.3 is 115 Å². The van der Waals surface area contributed by atoms with Gasteiger partial charge in [0.2, 0.25) is 36.6 Å². The van der Waals surface area contributed by atoms with Gasteiger partial charge in [-0.05, 0) is 48.5 Å². The number of nitrogens with one attached hydrogen (secondary N) is 2. The summed E-state index contributed by atoms with van der Waals surface area (Å²) >= 11 is 0. The highest BCUT2D eigenvalue weighted by atomic mass is 16.8. The second-order valence-corrected chi connectivity index (χ2v) is 24.2. The van der Waals surface area contributed by atoms with E-state index >= 15 is 0 Å². The summed E-state index contributed by atoms with van der Waals surface area (Å²) in [6.07, 6.45) is -35.4. The van der Waals surface area contributed by atoms with Crippen LogP contribution in [0.1, 0.15) is 110 Å². The molecule has 0 aromatic heterocycles. The summed E-state index contributed by atoms with van der Waals surface area (Å²) in [6.45, 7) is 11.4. The number of benzene rings is 2. The van der Waals surface area contributed by atoms with Crippen molar-refractivity contribution in [1.82, 2.24) is 0 Å². The van der Waals surface area contributed by atoms with Crippen LogP contribution >= 0.6 is 0 Å². The van der Waals surface area contributed by atoms with E-state index in [0.29, 0.717) is 0 Å². The molecule has 2 amide bonds. The Balaban J connectivity index is 1.16. The Bertz CT molecular complexity index is 3350. The van der Waals surface area contributed by atoms with Crippen LogP contribution in [0.4, 0.5) is 11.4 Å². The van der Waals surface area contributed by atoms with E-state index in [4.69, 9.17) is 104 Å². The molecule has 0 radical (unpaired) electrons. The summed E-state index contributed by atoms with van der Waals surface area (Å²) in [5, 5.41) is 5.26. The van der Waals surface area contributed by atoms with E-state index in [0.717, 1.165) is 96.9 Å². The molecule has 0 aliphatic carbocycles. The molecule has 0 bridgehead atoms. The van der Waals surface area contributed by atoms with Crippen molar-refractivity contribution in [2.45, 2.75) is 233 Å². The van der Waals surface area contributed by atoms with Crippen LogP contribution in [-0.4, -0.2) is 245 Å². The molecule has 6 rings (SSSR count). The van der Waals surface area contributed by atoms with E-state index < -0.39 is 245 Å². The van der Waals surface area contributed by atoms with Gasteiger partial charge in [-0.2, -0.15) is 0 Å². The highest BCUT2D eigenvalue weighted by molar-refractivity contribution is 5.97. The highest BCUT2D eigenvalue weighted by Gasteiger charge is 2.60. The Kier molecular flexibility index (Phi) is 32.2. The minimum Gasteiger partial charge on any atom is -0.463 e. The first-order chi connectivity index (χ1) is 50.8. The Hall–Kier alpha value is -10.7. The fourth-order valence-electron chi connectivity index (χ4n) is 11.3. The minimum absolute atomic E-state index is 0.0333. The maximum atomic E-state index is 13.3. The molecule has 0 spiro atoms. The summed E-state index contributed by atoms with van der Waals surface area (Å²) in [4.78, 5) is 202. The van der Waals surface area contributed by atoms with Gasteiger partial charge in [-0.3, -0.25) is 76.7 Å². The van der Waals surface area contributed by atoms with Crippen LogP contribution in [0.15, 0.2) is 48.5 Å². The summed E-state index contributed by atoms with van der Waals surface area (Å²) in [7, 11) is 0. The zero-order chi connectivity index (χ0) is 80.0. The number of amides is 2. The molecule has 4 aliphatic rings. The molecule has 4 fully saturated rings. The minimum atomic E-state index is -1.94. The number of ether oxygens (including phenoxy) is 22. The van der Waals surface area contributed by atoms with Gasteiger partial charge in [0.25, 0.3) is 0 Å². The van der Waals surface area contributed by atoms with E-state index in [1.54, 1.807) is 0 Å². The van der Waals surface area contributed by atoms with E-state index in [2.05, 4.69) is 10.6 Å². The number of esters is 14. The van der Waals surface area contributed by atoms with Crippen LogP contribution in [0.3, 0.4) is 0 Å². The van der Waals surface area contributed by atoms with Gasteiger partial charge in [0, 0.05) is 121 Å². The normalized spacial score (nSPS) is 27.7. The summed E-state index contributed by atoms with van der Waals surface area (Å²) in [6, 6.07) is 10.8. The van der Waals surface area contributed by atoms with Gasteiger partial charge in [0.15, 0.2) is 61.4 Å². The number of carbonyl (C=O) groups excluding carboxylic acids is 16. The van der Waals surface area contributed by atoms with Crippen LogP contribution in [0.5, 0.6) is 11.5 Å². The molecule has 2 aromatic carbocycles. The first-order valence-electron chi connectivity index (χ1n) is 33.2. The maximum Gasteiger partial charge on any atom is 0.303 e. The third kappa shape index (κ3) is 26.7. The summed E-state index contributed by atoms with van der Waals surface area (Å²) in [5.41, 5.74) is 0.349. The third-order valence-electron chi connectivity index (χ3n) is 15.1. The van der Waals surface area contributed by atoms with Crippen molar-refractivity contribution in [3.8, 4) is 11.5 Å². The number of hydrogen-bond donors (Lipinski definition) is 2. The lowest BCUT2D eigenvalue weighted by Crippen LogP contribution is -2.67. The predicted molar refractivity (Wildman–Crippen MR) is 347 cm³/mol. The number of anilines is 2. The highest BCUT2D eigenvalue weighted by Crippen LogP contribution is 2.39. The summed E-state index contributed by atoms with van der Waals surface area (Å²) in [5.74, 6) is -14.5. The Morgan fingerprint density at radius 3 is 0.704 bits per heavy atom. The molecule has 40 heteroatoms. The van der Waals surface area contributed by atoms with Gasteiger partial charge >= 0.3 is 83.6 Å². The first-order valence-corrected chi connectivity index (χ1v) is 33.2. The van der Waals surface area contributed by atoms with Gasteiger partial charge in [0.1, 0.15) is 74.6 Å². The van der Waals surface area contributed by atoms with E-state index in [1.165, 1.54) is 48.5 Å². The lowest BCUT2D eigenvalue weighted by Gasteiger charge is -2.48. The van der Waals surface area contributed by atoms with Crippen molar-refractivity contribution in [3.05, 3.63) is 48.5 Å². The van der Waals surface area contributed by atoms with Crippen molar-refractivity contribution in [3.63, 3.8) is 0 Å². The molecule has 0 unspecified atom stereocenters. The number of hydrogen-bond acceptors (Lipinski definition) is 38. The Labute approximate surface area is 615 Å². The molecule has 2 N–H and O–H groups in total. The molecule has 4 heterocycles. The van der Waals surface area contributed by atoms with Crippen LogP contribution in [-0.2, 0) is 171 Å². The molecule has 40 nitrogen and oxygen atoms in total. The van der Waals surface area contributed by atoms with Crippen molar-refractivity contribution in [2.75, 3.05) is 37.1 Å². The first kappa shape index (κ1) is 86.2. The Morgan fingerprint density at radius 1 is 0.259 bits per heavy atom. The van der Waals surface area contributed by atoms with Crippen molar-refractivity contribution < 1.29 is 181 Å². The quantitative estimate of drug-likeness (QED) is 0.0786. The number of carbonyl (C=O) groups is 16. The second-order valence-electron chi connectivity index (χ2n) is 24.2. The van der Waals surface area contributed by atoms with Crippen LogP contribution in [0.2, 0.25) is 0 Å². The van der Waals surface area contributed by atoms with Gasteiger partial charge in [0.05, 0.1) is 0 Å². The van der Waals surface area contributed by atoms with E-state index in [-0.39, 0.29) is 35.7 Å². The maximum absolute atomic E-state index is 13.3. The zero-order valence-corrected chi connectivity index (χ0v) is 60.9. The van der Waals surface area contributed by atoms with E-state index in [1.807, 2.05) is 0 Å². The molecule has 2 aromatic rings.